The number of nitrogens with zero attached hydrogens (tertiary/aromatic N) is 4. The summed E-state index contributed by atoms with van der Waals surface area (Å²) in [5, 5.41) is 3.48. The van der Waals surface area contributed by atoms with Gasteiger partial charge in [-0.05, 0) is 49.2 Å². The van der Waals surface area contributed by atoms with Crippen molar-refractivity contribution >= 4 is 55.4 Å². The molecule has 0 saturated carbocycles. The first-order valence-corrected chi connectivity index (χ1v) is 13.0. The molecule has 1 atom stereocenters. The molecular formula is C26H26F3N5O3S. The van der Waals surface area contributed by atoms with Crippen molar-refractivity contribution in [3.63, 3.8) is 0 Å². The van der Waals surface area contributed by atoms with Crippen LogP contribution in [0.15, 0.2) is 36.4 Å². The number of ether oxygens (including phenoxy) is 1. The quantitative estimate of drug-likeness (QED) is 0.307. The third kappa shape index (κ3) is 5.37. The van der Waals surface area contributed by atoms with Gasteiger partial charge in [0.1, 0.15) is 0 Å². The number of nitrogens with one attached hydrogen (secondary N) is 1. The number of aryl methyl sites for hydroxylation is 1. The van der Waals surface area contributed by atoms with Crippen LogP contribution in [0.2, 0.25) is 0 Å². The van der Waals surface area contributed by atoms with Gasteiger partial charge >= 0.3 is 6.18 Å². The number of imidazole rings is 1. The van der Waals surface area contributed by atoms with Crippen molar-refractivity contribution in [3.05, 3.63) is 47.5 Å². The fraction of sp³-hybridized carbons (Fsp3) is 0.385. The molecule has 200 valence electrons. The predicted octanol–water partition coefficient (Wildman–Crippen LogP) is 5.55. The fourth-order valence-corrected chi connectivity index (χ4v) is 5.51. The SMILES string of the molecule is CO[C@H]1CCCN(C(=O)CCC(=O)c2ccc3c(c2)nc(Nc2nc4ccc(C(F)(F)F)cc4s2)n3C)C1. The molecule has 1 saturated heterocycles. The van der Waals surface area contributed by atoms with Crippen LogP contribution in [0.4, 0.5) is 24.3 Å². The van der Waals surface area contributed by atoms with E-state index in [0.29, 0.717) is 45.5 Å². The molecule has 1 aliphatic rings. The number of piperidine rings is 1. The third-order valence-electron chi connectivity index (χ3n) is 6.77. The Bertz CT molecular complexity index is 1510. The van der Waals surface area contributed by atoms with Crippen molar-refractivity contribution in [2.24, 2.45) is 7.05 Å². The molecule has 0 radical (unpaired) electrons. The predicted molar refractivity (Wildman–Crippen MR) is 139 cm³/mol. The normalized spacial score (nSPS) is 16.3. The zero-order chi connectivity index (χ0) is 27.0. The van der Waals surface area contributed by atoms with Gasteiger partial charge < -0.3 is 19.5 Å². The summed E-state index contributed by atoms with van der Waals surface area (Å²) in [6.45, 7) is 1.23. The molecule has 1 aliphatic heterocycles. The lowest BCUT2D eigenvalue weighted by Crippen LogP contribution is -2.42. The summed E-state index contributed by atoms with van der Waals surface area (Å²) in [7, 11) is 3.43. The van der Waals surface area contributed by atoms with Gasteiger partial charge in [-0.1, -0.05) is 11.3 Å². The second-order valence-electron chi connectivity index (χ2n) is 9.29. The molecule has 3 heterocycles. The van der Waals surface area contributed by atoms with Crippen molar-refractivity contribution in [3.8, 4) is 0 Å². The number of hydrogen-bond acceptors (Lipinski definition) is 7. The average Bonchev–Trinajstić information content (AvgIpc) is 3.45. The van der Waals surface area contributed by atoms with Crippen LogP contribution in [0.1, 0.15) is 41.6 Å². The van der Waals surface area contributed by atoms with E-state index in [1.54, 1.807) is 41.8 Å². The number of methoxy groups -OCH3 is 1. The number of amides is 1. The van der Waals surface area contributed by atoms with Crippen LogP contribution >= 0.6 is 11.3 Å². The summed E-state index contributed by atoms with van der Waals surface area (Å²) in [5.74, 6) is 0.240. The maximum atomic E-state index is 13.0. The van der Waals surface area contributed by atoms with Gasteiger partial charge in [0.2, 0.25) is 11.9 Å². The van der Waals surface area contributed by atoms with Gasteiger partial charge in [0.25, 0.3) is 0 Å². The highest BCUT2D eigenvalue weighted by Crippen LogP contribution is 2.35. The van der Waals surface area contributed by atoms with Crippen molar-refractivity contribution < 1.29 is 27.5 Å². The highest BCUT2D eigenvalue weighted by atomic mass is 32.1. The second kappa shape index (κ2) is 10.3. The molecule has 0 unspecified atom stereocenters. The summed E-state index contributed by atoms with van der Waals surface area (Å²) in [6.07, 6.45) is -2.34. The maximum Gasteiger partial charge on any atom is 0.416 e. The molecule has 1 N–H and O–H groups in total. The molecule has 0 spiro atoms. The van der Waals surface area contributed by atoms with Crippen LogP contribution in [-0.4, -0.2) is 57.4 Å². The average molecular weight is 546 g/mol. The minimum atomic E-state index is -4.42. The van der Waals surface area contributed by atoms with Gasteiger partial charge in [-0.15, -0.1) is 0 Å². The minimum absolute atomic E-state index is 0.0397. The molecule has 38 heavy (non-hydrogen) atoms. The summed E-state index contributed by atoms with van der Waals surface area (Å²) in [5.41, 5.74) is 1.53. The van der Waals surface area contributed by atoms with Crippen LogP contribution < -0.4 is 5.32 Å². The Hall–Kier alpha value is -3.51. The van der Waals surface area contributed by atoms with Crippen LogP contribution in [0.5, 0.6) is 0 Å². The Morgan fingerprint density at radius 1 is 1.13 bits per heavy atom. The Labute approximate surface area is 220 Å². The van der Waals surface area contributed by atoms with E-state index in [1.165, 1.54) is 6.07 Å². The lowest BCUT2D eigenvalue weighted by Gasteiger charge is -2.32. The van der Waals surface area contributed by atoms with E-state index in [2.05, 4.69) is 15.3 Å². The number of carbonyl (C=O) groups excluding carboxylic acids is 2. The Morgan fingerprint density at radius 2 is 1.95 bits per heavy atom. The molecule has 5 rings (SSSR count). The minimum Gasteiger partial charge on any atom is -0.380 e. The largest absolute Gasteiger partial charge is 0.416 e. The number of aromatic nitrogens is 3. The van der Waals surface area contributed by atoms with Crippen LogP contribution in [0, 0.1) is 0 Å². The first-order chi connectivity index (χ1) is 18.1. The Balaban J connectivity index is 1.28. The molecule has 0 aliphatic carbocycles. The number of rotatable bonds is 7. The topological polar surface area (TPSA) is 89.3 Å². The van der Waals surface area contributed by atoms with E-state index in [-0.39, 0.29) is 30.6 Å². The van der Waals surface area contributed by atoms with E-state index in [4.69, 9.17) is 4.74 Å². The van der Waals surface area contributed by atoms with Gasteiger partial charge in [0, 0.05) is 45.7 Å². The van der Waals surface area contributed by atoms with Gasteiger partial charge in [-0.2, -0.15) is 13.2 Å². The standard InChI is InChI=1S/C26H26F3N5O3S/c1-33-20-8-5-15(21(35)9-10-23(36)34-11-3-4-17(14-34)37-2)12-19(20)30-24(33)32-25-31-18-7-6-16(26(27,28)29)13-22(18)38-25/h5-8,12-13,17H,3-4,9-11,14H2,1-2H3,(H,30,31,32)/t17-/m0/s1. The molecule has 8 nitrogen and oxygen atoms in total. The molecule has 2 aromatic heterocycles. The number of ketones is 1. The first kappa shape index (κ1) is 26.1. The summed E-state index contributed by atoms with van der Waals surface area (Å²) in [6, 6.07) is 8.61. The zero-order valence-electron chi connectivity index (χ0n) is 20.8. The zero-order valence-corrected chi connectivity index (χ0v) is 21.7. The number of halogens is 3. The smallest absolute Gasteiger partial charge is 0.380 e. The highest BCUT2D eigenvalue weighted by Gasteiger charge is 2.31. The number of likely N-dealkylation sites (tertiary alicyclic amines) is 1. The van der Waals surface area contributed by atoms with Crippen molar-refractivity contribution in [1.29, 1.82) is 0 Å². The monoisotopic (exact) mass is 545 g/mol. The molecule has 4 aromatic rings. The van der Waals surface area contributed by atoms with E-state index >= 15 is 0 Å². The lowest BCUT2D eigenvalue weighted by molar-refractivity contribution is -0.137. The Kier molecular flexibility index (Phi) is 7.10. The Morgan fingerprint density at radius 3 is 2.71 bits per heavy atom. The van der Waals surface area contributed by atoms with Crippen molar-refractivity contribution in [1.82, 2.24) is 19.4 Å². The van der Waals surface area contributed by atoms with Crippen LogP contribution in [-0.2, 0) is 22.8 Å². The van der Waals surface area contributed by atoms with Crippen molar-refractivity contribution in [2.45, 2.75) is 38.0 Å². The van der Waals surface area contributed by atoms with Crippen molar-refractivity contribution in [2.75, 3.05) is 25.5 Å². The molecule has 0 bridgehead atoms. The van der Waals surface area contributed by atoms with Gasteiger partial charge in [-0.3, -0.25) is 9.59 Å². The molecular weight excluding hydrogens is 519 g/mol. The van der Waals surface area contributed by atoms with E-state index < -0.39 is 11.7 Å². The second-order valence-corrected chi connectivity index (χ2v) is 10.3. The molecule has 12 heteroatoms. The summed E-state index contributed by atoms with van der Waals surface area (Å²) in [4.78, 5) is 36.1. The van der Waals surface area contributed by atoms with Gasteiger partial charge in [0.15, 0.2) is 10.9 Å². The number of benzene rings is 2. The van der Waals surface area contributed by atoms with Gasteiger partial charge in [0.05, 0.1) is 32.9 Å². The van der Waals surface area contributed by atoms with Gasteiger partial charge in [-0.25, -0.2) is 9.97 Å². The van der Waals surface area contributed by atoms with E-state index in [1.807, 2.05) is 0 Å². The number of anilines is 2. The number of carbonyl (C=O) groups is 2. The first-order valence-electron chi connectivity index (χ1n) is 12.2. The third-order valence-corrected chi connectivity index (χ3v) is 7.70. The highest BCUT2D eigenvalue weighted by molar-refractivity contribution is 7.22. The van der Waals surface area contributed by atoms with E-state index in [9.17, 15) is 22.8 Å². The van der Waals surface area contributed by atoms with Crippen LogP contribution in [0.3, 0.4) is 0 Å². The summed E-state index contributed by atoms with van der Waals surface area (Å²) >= 11 is 1.10. The molecule has 1 amide bonds. The molecule has 1 fully saturated rings. The number of alkyl halides is 3. The number of Topliss-reactive ketones (excluding diaryl/α,β-unsaturated/α-hetero) is 1. The number of hydrogen-bond donors (Lipinski definition) is 1. The lowest BCUT2D eigenvalue weighted by atomic mass is 10.0. The maximum absolute atomic E-state index is 13.0. The fourth-order valence-electron chi connectivity index (χ4n) is 4.62. The molecule has 2 aromatic carbocycles. The van der Waals surface area contributed by atoms with Crippen LogP contribution in [0.25, 0.3) is 21.3 Å². The number of fused-ring (bicyclic) bond motifs is 2. The summed E-state index contributed by atoms with van der Waals surface area (Å²) < 4.78 is 46.7. The number of thiazole rings is 1. The van der Waals surface area contributed by atoms with E-state index in [0.717, 1.165) is 41.8 Å².